The Bertz CT molecular complexity index is 106. The van der Waals surface area contributed by atoms with Crippen LogP contribution in [0.25, 0.3) is 0 Å². The minimum absolute atomic E-state index is 0. The van der Waals surface area contributed by atoms with Crippen LogP contribution in [0.5, 0.6) is 0 Å². The van der Waals surface area contributed by atoms with Gasteiger partial charge < -0.3 is 0 Å². The molecule has 0 aromatic rings. The summed E-state index contributed by atoms with van der Waals surface area (Å²) in [6, 6.07) is 0. The van der Waals surface area contributed by atoms with Gasteiger partial charge in [0.2, 0.25) is 0 Å². The maximum absolute atomic E-state index is 0. The third-order valence-corrected chi connectivity index (χ3v) is 0. The summed E-state index contributed by atoms with van der Waals surface area (Å²) in [6.07, 6.45) is 0. The molecular formula is H106Al53Ca53. The van der Waals surface area contributed by atoms with Gasteiger partial charge in [0.25, 0.3) is 0 Å². The molecule has 159 radical (unpaired) electrons. The molecule has 0 rings (SSSR count). The zero-order valence-corrected chi connectivity index (χ0v) is 91.8. The van der Waals surface area contributed by atoms with Crippen LogP contribution >= 0.6 is 0 Å². The van der Waals surface area contributed by atoms with Crippen molar-refractivity contribution in [1.82, 2.24) is 0 Å². The Morgan fingerprint density at radius 2 is 0.0189 bits per heavy atom. The van der Waals surface area contributed by atoms with Crippen LogP contribution in [0.15, 0.2) is 0 Å². The molecule has 0 atom stereocenters. The van der Waals surface area contributed by atoms with Gasteiger partial charge in [0.1, 0.15) is 0 Å². The molecule has 0 saturated carbocycles. The molecule has 0 bridgehead atoms. The van der Waals surface area contributed by atoms with E-state index in [1.807, 2.05) is 0 Å². The van der Waals surface area contributed by atoms with Crippen LogP contribution in [0, 0.1) is 0 Å². The Labute approximate surface area is 2810 Å². The van der Waals surface area contributed by atoms with E-state index in [9.17, 15) is 0 Å². The molecular weight excluding hydrogens is 3550 g/mol. The van der Waals surface area contributed by atoms with Crippen LogP contribution < -0.4 is 0 Å². The van der Waals surface area contributed by atoms with Gasteiger partial charge in [-0.05, 0) is 0 Å². The monoisotopic (exact) mass is 3650 g/mol. The first-order valence-electron chi connectivity index (χ1n) is 0. The fourth-order valence-electron chi connectivity index (χ4n) is 0. The third-order valence-electron chi connectivity index (χ3n) is 0. The molecule has 0 aliphatic rings. The summed E-state index contributed by atoms with van der Waals surface area (Å²) in [5, 5.41) is 0. The summed E-state index contributed by atoms with van der Waals surface area (Å²) in [6.45, 7) is 0. The van der Waals surface area contributed by atoms with Crippen LogP contribution in [-0.2, 0) is 0 Å². The SMILES string of the molecule is [Al].[Al].[Al].[Al].[Al].[Al].[Al].[Al].[Al].[Al].[Al].[Al].[Al].[Al].[Al].[Al].[Al].[Al].[Al].[Al].[Al].[Al].[Al].[Al].[Al].[Al].[Al].[Al].[Al].[Al].[Al].[Al].[Al].[Al].[Al].[Al].[Al].[Al].[Al].[Al].[Al].[Al].[Al].[Al].[Al].[Al].[Al].[Al].[Al].[Al].[Al].[Al].[Al].[CaH2].[CaH2].[CaH2].[CaH2].[CaH2].[CaH2].[CaH2].[CaH2].[CaH2].[CaH2].[CaH2].[CaH2].[CaH2].[CaH2].[CaH2].[CaH2].[CaH2].[CaH2].[CaH2].[CaH2].[CaH2].[CaH2].[CaH2].[CaH2].[CaH2].[CaH2].[CaH2].[CaH2].[CaH2].[CaH2].[CaH2].[CaH2].[CaH2].[CaH2].[CaH2].[CaH2].[CaH2].[CaH2].[CaH2].[CaH2].[CaH2].[CaH2].[CaH2].[CaH2].[CaH2].[CaH2].[CaH2].[CaH2].[CaH2].[CaH2].[CaH2].[CaH2].[CaH2]. The molecule has 0 heterocycles. The summed E-state index contributed by atoms with van der Waals surface area (Å²) in [7, 11) is 0. The van der Waals surface area contributed by atoms with Crippen molar-refractivity contribution in [2.45, 2.75) is 0 Å². The second kappa shape index (κ2) is 878. The van der Waals surface area contributed by atoms with Gasteiger partial charge in [-0.25, -0.2) is 0 Å². The molecule has 106 heavy (non-hydrogen) atoms. The van der Waals surface area contributed by atoms with Crippen molar-refractivity contribution >= 4 is 2920 Å². The van der Waals surface area contributed by atoms with E-state index in [1.54, 1.807) is 0 Å². The molecule has 0 amide bonds. The molecule has 371 valence electrons. The average molecular weight is 3660 g/mol. The zero-order chi connectivity index (χ0) is 0. The normalized spacial score (nSPS) is 0. The summed E-state index contributed by atoms with van der Waals surface area (Å²) < 4.78 is 0. The maximum atomic E-state index is 0. The average Bonchev–Trinajstić information content (AvgIpc) is 0. The van der Waals surface area contributed by atoms with Crippen LogP contribution in [0.1, 0.15) is 0 Å². The van der Waals surface area contributed by atoms with Crippen molar-refractivity contribution < 1.29 is 0 Å². The van der Waals surface area contributed by atoms with Crippen molar-refractivity contribution in [3.63, 3.8) is 0 Å². The van der Waals surface area contributed by atoms with Crippen molar-refractivity contribution in [1.29, 1.82) is 0 Å². The van der Waals surface area contributed by atoms with E-state index in [-0.39, 0.29) is 2920 Å². The van der Waals surface area contributed by atoms with Crippen molar-refractivity contribution in [3.05, 3.63) is 0 Å². The van der Waals surface area contributed by atoms with Gasteiger partial charge in [-0.2, -0.15) is 0 Å². The standard InChI is InChI=1S/53Al.53Ca.106H. The second-order valence-corrected chi connectivity index (χ2v) is 0. The zero-order valence-electron chi connectivity index (χ0n) is 30.6. The van der Waals surface area contributed by atoms with Gasteiger partial charge in [-0.1, -0.05) is 0 Å². The first kappa shape index (κ1) is 891. The summed E-state index contributed by atoms with van der Waals surface area (Å²) in [4.78, 5) is 0. The van der Waals surface area contributed by atoms with E-state index in [2.05, 4.69) is 0 Å². The molecule has 0 aromatic heterocycles. The van der Waals surface area contributed by atoms with Crippen LogP contribution in [-0.4, -0.2) is 2920 Å². The summed E-state index contributed by atoms with van der Waals surface area (Å²) in [5.74, 6) is 0. The van der Waals surface area contributed by atoms with Crippen LogP contribution in [0.3, 0.4) is 0 Å². The first-order valence-corrected chi connectivity index (χ1v) is 0. The molecule has 0 N–H and O–H groups in total. The van der Waals surface area contributed by atoms with Gasteiger partial charge in [0.05, 0.1) is 0 Å². The first-order chi connectivity index (χ1) is 0. The van der Waals surface area contributed by atoms with Gasteiger partial charge >= 0.3 is 2000 Å². The third kappa shape index (κ3) is 865. The molecule has 0 aliphatic carbocycles. The molecule has 0 aliphatic heterocycles. The van der Waals surface area contributed by atoms with Crippen LogP contribution in [0.4, 0.5) is 0 Å². The molecule has 0 unspecified atom stereocenters. The molecule has 0 nitrogen and oxygen atoms in total. The Morgan fingerprint density at radius 3 is 0.0189 bits per heavy atom. The van der Waals surface area contributed by atoms with E-state index in [0.29, 0.717) is 0 Å². The number of rotatable bonds is 0. The van der Waals surface area contributed by atoms with E-state index >= 15 is 0 Å². The van der Waals surface area contributed by atoms with Gasteiger partial charge in [-0.3, -0.25) is 0 Å². The second-order valence-electron chi connectivity index (χ2n) is 0. The van der Waals surface area contributed by atoms with Gasteiger partial charge in [0.15, 0.2) is 0 Å². The molecule has 0 fully saturated rings. The van der Waals surface area contributed by atoms with Gasteiger partial charge in [-0.15, -0.1) is 0 Å². The molecule has 0 aromatic carbocycles. The fraction of sp³-hybridized carbons (Fsp3) is 0. The fourth-order valence-corrected chi connectivity index (χ4v) is 0. The predicted octanol–water partition coefficient (Wildman–Crippen LogP) is -68.7. The molecule has 0 saturated heterocycles. The van der Waals surface area contributed by atoms with E-state index < -0.39 is 0 Å². The quantitative estimate of drug-likeness (QED) is 0.212. The summed E-state index contributed by atoms with van der Waals surface area (Å²) >= 11 is 0. The minimum atomic E-state index is 0. The van der Waals surface area contributed by atoms with Crippen LogP contribution in [0.2, 0.25) is 0 Å². The van der Waals surface area contributed by atoms with Gasteiger partial charge in [0, 0.05) is 920 Å². The Morgan fingerprint density at radius 1 is 0.0189 bits per heavy atom. The molecule has 0 spiro atoms. The summed E-state index contributed by atoms with van der Waals surface area (Å²) in [5.41, 5.74) is 0. The molecule has 106 heteroatoms. The van der Waals surface area contributed by atoms with Crippen molar-refractivity contribution in [2.75, 3.05) is 0 Å². The topological polar surface area (TPSA) is 0 Å². The van der Waals surface area contributed by atoms with E-state index in [1.165, 1.54) is 0 Å². The Kier molecular flexibility index (Phi) is 7380. The van der Waals surface area contributed by atoms with Crippen molar-refractivity contribution in [3.8, 4) is 0 Å². The predicted molar refractivity (Wildman–Crippen MR) is 758 cm³/mol. The Balaban J connectivity index is 0. The van der Waals surface area contributed by atoms with E-state index in [4.69, 9.17) is 0 Å². The van der Waals surface area contributed by atoms with E-state index in [0.717, 1.165) is 0 Å². The van der Waals surface area contributed by atoms with Crippen molar-refractivity contribution in [2.24, 2.45) is 0 Å². The number of hydrogen-bond acceptors (Lipinski definition) is 0. The Hall–Kier alpha value is 95.0. The number of hydrogen-bond donors (Lipinski definition) is 0.